The molecule has 0 saturated carbocycles. The third-order valence-corrected chi connectivity index (χ3v) is 2.75. The van der Waals surface area contributed by atoms with Crippen LogP contribution in [0.2, 0.25) is 0 Å². The van der Waals surface area contributed by atoms with Crippen LogP contribution in [0.15, 0.2) is 11.4 Å². The molecule has 0 fully saturated rings. The molecule has 1 aromatic carbocycles. The number of allylic oxidation sites excluding steroid dienone is 2. The number of benzene rings is 1. The fourth-order valence-corrected chi connectivity index (χ4v) is 1.77. The largest absolute Gasteiger partial charge is 0.328 e. The highest BCUT2D eigenvalue weighted by Crippen LogP contribution is 2.47. The summed E-state index contributed by atoms with van der Waals surface area (Å²) in [6.45, 7) is 0.604. The zero-order valence-corrected chi connectivity index (χ0v) is 9.05. The fraction of sp³-hybridized carbons (Fsp3) is 0.182. The quantitative estimate of drug-likeness (QED) is 0.402. The van der Waals surface area contributed by atoms with Crippen LogP contribution < -0.4 is 0 Å². The van der Waals surface area contributed by atoms with Gasteiger partial charge in [0, 0.05) is 5.57 Å². The van der Waals surface area contributed by atoms with Crippen molar-refractivity contribution < 1.29 is 35.5 Å². The summed E-state index contributed by atoms with van der Waals surface area (Å²) in [5.41, 5.74) is -5.01. The molecule has 0 radical (unpaired) electrons. The van der Waals surface area contributed by atoms with Gasteiger partial charge in [-0.1, -0.05) is 0 Å². The van der Waals surface area contributed by atoms with Crippen LogP contribution in [-0.2, 0) is 5.92 Å². The summed E-state index contributed by atoms with van der Waals surface area (Å²) in [5, 5.41) is 0. The Morgan fingerprint density at radius 3 is 1.84 bits per heavy atom. The van der Waals surface area contributed by atoms with E-state index in [0.29, 0.717) is 6.92 Å². The first kappa shape index (κ1) is 13.6. The third kappa shape index (κ3) is 1.52. The summed E-state index contributed by atoms with van der Waals surface area (Å²) in [5.74, 6) is -18.4. The normalized spacial score (nSPS) is 17.8. The molecule has 0 saturated heterocycles. The van der Waals surface area contributed by atoms with Crippen LogP contribution in [0.1, 0.15) is 22.8 Å². The Morgan fingerprint density at radius 2 is 1.32 bits per heavy atom. The second-order valence-corrected chi connectivity index (χ2v) is 3.85. The lowest BCUT2D eigenvalue weighted by molar-refractivity contribution is 0.00384. The maximum Gasteiger partial charge on any atom is 0.328 e. The van der Waals surface area contributed by atoms with Gasteiger partial charge in [0.15, 0.2) is 34.9 Å². The van der Waals surface area contributed by atoms with Crippen LogP contribution >= 0.6 is 0 Å². The number of rotatable bonds is 0. The summed E-state index contributed by atoms with van der Waals surface area (Å²) in [6, 6.07) is 0. The van der Waals surface area contributed by atoms with E-state index in [-0.39, 0.29) is 0 Å². The van der Waals surface area contributed by atoms with Gasteiger partial charge in [-0.25, -0.2) is 22.0 Å². The van der Waals surface area contributed by atoms with Crippen LogP contribution in [0.4, 0.5) is 30.7 Å². The molecule has 8 heteroatoms. The van der Waals surface area contributed by atoms with E-state index >= 15 is 0 Å². The van der Waals surface area contributed by atoms with Gasteiger partial charge in [0.2, 0.25) is 0 Å². The van der Waals surface area contributed by atoms with Crippen molar-refractivity contribution in [1.29, 1.82) is 0 Å². The molecular formula is C11H3F7O. The number of halogens is 7. The molecule has 19 heavy (non-hydrogen) atoms. The van der Waals surface area contributed by atoms with Gasteiger partial charge in [0.05, 0.1) is 11.1 Å². The summed E-state index contributed by atoms with van der Waals surface area (Å²) in [4.78, 5) is 11.4. The summed E-state index contributed by atoms with van der Waals surface area (Å²) in [6.07, 6.45) is 0. The highest BCUT2D eigenvalue weighted by Gasteiger charge is 2.51. The lowest BCUT2D eigenvalue weighted by atomic mass is 9.86. The Labute approximate surface area is 101 Å². The first-order valence-electron chi connectivity index (χ1n) is 4.78. The number of alkyl halides is 2. The molecule has 0 spiro atoms. The first-order valence-corrected chi connectivity index (χ1v) is 4.78. The average molecular weight is 284 g/mol. The van der Waals surface area contributed by atoms with E-state index in [4.69, 9.17) is 0 Å². The summed E-state index contributed by atoms with van der Waals surface area (Å²) in [7, 11) is 0. The molecule has 0 atom stereocenters. The second-order valence-electron chi connectivity index (χ2n) is 3.85. The standard InChI is InChI=1S/C11H3F7O/c1-2-9(19)3-4(11(17,18)10(2)16)6(13)8(15)7(14)5(3)12/h1H3. The summed E-state index contributed by atoms with van der Waals surface area (Å²) < 4.78 is 92.7. The van der Waals surface area contributed by atoms with E-state index in [1.54, 1.807) is 0 Å². The van der Waals surface area contributed by atoms with Gasteiger partial charge >= 0.3 is 5.92 Å². The van der Waals surface area contributed by atoms with Crippen LogP contribution in [-0.4, -0.2) is 5.78 Å². The smallest absolute Gasteiger partial charge is 0.289 e. The molecule has 1 aromatic rings. The zero-order valence-electron chi connectivity index (χ0n) is 9.05. The van der Waals surface area contributed by atoms with Crippen molar-refractivity contribution in [2.75, 3.05) is 0 Å². The second kappa shape index (κ2) is 3.82. The molecule has 0 bridgehead atoms. The molecular weight excluding hydrogens is 281 g/mol. The van der Waals surface area contributed by atoms with Gasteiger partial charge in [-0.2, -0.15) is 8.78 Å². The van der Waals surface area contributed by atoms with Crippen LogP contribution in [0.5, 0.6) is 0 Å². The number of hydrogen-bond acceptors (Lipinski definition) is 1. The minimum absolute atomic E-state index is 0.604. The molecule has 0 amide bonds. The maximum absolute atomic E-state index is 13.5. The molecule has 0 heterocycles. The molecule has 0 unspecified atom stereocenters. The molecule has 1 nitrogen and oxygen atoms in total. The fourth-order valence-electron chi connectivity index (χ4n) is 1.77. The SMILES string of the molecule is CC1=C(F)C(F)(F)c2c(F)c(F)c(F)c(F)c2C1=O. The van der Waals surface area contributed by atoms with Crippen molar-refractivity contribution in [2.45, 2.75) is 12.8 Å². The van der Waals surface area contributed by atoms with E-state index < -0.39 is 57.5 Å². The number of Topliss-reactive ketones (excluding diaryl/α,β-unsaturated/α-hetero) is 1. The van der Waals surface area contributed by atoms with E-state index in [2.05, 4.69) is 0 Å². The molecule has 0 N–H and O–H groups in total. The van der Waals surface area contributed by atoms with Gasteiger partial charge in [-0.15, -0.1) is 0 Å². The van der Waals surface area contributed by atoms with Crippen LogP contribution in [0, 0.1) is 23.3 Å². The van der Waals surface area contributed by atoms with Crippen molar-refractivity contribution in [1.82, 2.24) is 0 Å². The van der Waals surface area contributed by atoms with E-state index in [1.807, 2.05) is 0 Å². The number of carbonyl (C=O) groups excluding carboxylic acids is 1. The molecule has 2 rings (SSSR count). The first-order chi connectivity index (χ1) is 8.62. The van der Waals surface area contributed by atoms with Crippen LogP contribution in [0.25, 0.3) is 0 Å². The van der Waals surface area contributed by atoms with Crippen molar-refractivity contribution >= 4 is 5.78 Å². The van der Waals surface area contributed by atoms with Crippen LogP contribution in [0.3, 0.4) is 0 Å². The Balaban J connectivity index is 3.01. The van der Waals surface area contributed by atoms with Gasteiger partial charge in [-0.3, -0.25) is 4.79 Å². The highest BCUT2D eigenvalue weighted by molar-refractivity contribution is 6.11. The van der Waals surface area contributed by atoms with Gasteiger partial charge < -0.3 is 0 Å². The molecule has 0 aliphatic heterocycles. The average Bonchev–Trinajstić information content (AvgIpc) is 2.35. The predicted molar refractivity (Wildman–Crippen MR) is 48.3 cm³/mol. The lowest BCUT2D eigenvalue weighted by Crippen LogP contribution is -2.30. The van der Waals surface area contributed by atoms with E-state index in [1.165, 1.54) is 0 Å². The van der Waals surface area contributed by atoms with Crippen molar-refractivity contribution in [2.24, 2.45) is 0 Å². The van der Waals surface area contributed by atoms with Gasteiger partial charge in [0.1, 0.15) is 0 Å². The highest BCUT2D eigenvalue weighted by atomic mass is 19.3. The number of ketones is 1. The van der Waals surface area contributed by atoms with Gasteiger partial charge in [0.25, 0.3) is 0 Å². The lowest BCUT2D eigenvalue weighted by Gasteiger charge is -2.25. The number of carbonyl (C=O) groups is 1. The summed E-state index contributed by atoms with van der Waals surface area (Å²) >= 11 is 0. The monoisotopic (exact) mass is 284 g/mol. The number of fused-ring (bicyclic) bond motifs is 1. The van der Waals surface area contributed by atoms with Crippen molar-refractivity contribution in [3.63, 3.8) is 0 Å². The van der Waals surface area contributed by atoms with Crippen molar-refractivity contribution in [3.05, 3.63) is 45.8 Å². The zero-order chi connectivity index (χ0) is 14.7. The number of hydrogen-bond donors (Lipinski definition) is 0. The molecule has 102 valence electrons. The van der Waals surface area contributed by atoms with E-state index in [0.717, 1.165) is 0 Å². The molecule has 1 aliphatic rings. The third-order valence-electron chi connectivity index (χ3n) is 2.75. The van der Waals surface area contributed by atoms with E-state index in [9.17, 15) is 35.5 Å². The molecule has 1 aliphatic carbocycles. The maximum atomic E-state index is 13.5. The Kier molecular flexibility index (Phi) is 2.72. The van der Waals surface area contributed by atoms with Crippen molar-refractivity contribution in [3.8, 4) is 0 Å². The Morgan fingerprint density at radius 1 is 0.842 bits per heavy atom. The Hall–Kier alpha value is -1.86. The molecule has 0 aromatic heterocycles. The Bertz CT molecular complexity index is 645. The topological polar surface area (TPSA) is 17.1 Å². The predicted octanol–water partition coefficient (Wildman–Crippen LogP) is 3.77. The van der Waals surface area contributed by atoms with Gasteiger partial charge in [-0.05, 0) is 6.92 Å². The minimum atomic E-state index is -4.74. The minimum Gasteiger partial charge on any atom is -0.289 e.